The van der Waals surface area contributed by atoms with Gasteiger partial charge in [0.15, 0.2) is 0 Å². The molecule has 0 saturated heterocycles. The van der Waals surface area contributed by atoms with E-state index in [1.165, 1.54) is 15.2 Å². The average Bonchev–Trinajstić information content (AvgIpc) is 3.31. The molecule has 3 heterocycles. The molecule has 0 saturated carbocycles. The summed E-state index contributed by atoms with van der Waals surface area (Å²) < 4.78 is 0. The van der Waals surface area contributed by atoms with Crippen molar-refractivity contribution in [1.29, 1.82) is 0 Å². The summed E-state index contributed by atoms with van der Waals surface area (Å²) in [5.41, 5.74) is 2.02. The molecule has 0 spiro atoms. The van der Waals surface area contributed by atoms with Crippen LogP contribution in [0.5, 0.6) is 0 Å². The van der Waals surface area contributed by atoms with Crippen molar-refractivity contribution < 1.29 is 0 Å². The van der Waals surface area contributed by atoms with Crippen LogP contribution in [0, 0.1) is 0 Å². The van der Waals surface area contributed by atoms with Crippen molar-refractivity contribution in [1.82, 2.24) is 30.2 Å². The van der Waals surface area contributed by atoms with Gasteiger partial charge in [0, 0.05) is 10.4 Å². The van der Waals surface area contributed by atoms with E-state index in [1.807, 2.05) is 30.3 Å². The second-order valence-electron chi connectivity index (χ2n) is 6.06. The van der Waals surface area contributed by atoms with Crippen LogP contribution in [-0.2, 0) is 19.4 Å². The molecule has 124 valence electrons. The first-order chi connectivity index (χ1) is 12.3. The minimum Gasteiger partial charge on any atom is -0.308 e. The van der Waals surface area contributed by atoms with Crippen LogP contribution in [0.1, 0.15) is 22.7 Å². The lowest BCUT2D eigenvalue weighted by molar-refractivity contribution is 0.555. The predicted molar refractivity (Wildman–Crippen MR) is 94.6 cm³/mol. The van der Waals surface area contributed by atoms with Crippen LogP contribution in [0.15, 0.2) is 35.1 Å². The van der Waals surface area contributed by atoms with Gasteiger partial charge in [-0.2, -0.15) is 4.80 Å². The fraction of sp³-hybridized carbons (Fsp3) is 0.235. The summed E-state index contributed by atoms with van der Waals surface area (Å²) in [5, 5.41) is 13.3. The number of fused-ring (bicyclic) bond motifs is 3. The monoisotopic (exact) mass is 350 g/mol. The van der Waals surface area contributed by atoms with Gasteiger partial charge in [0.25, 0.3) is 5.56 Å². The molecule has 0 atom stereocenters. The number of hydrogen-bond acceptors (Lipinski definition) is 6. The van der Waals surface area contributed by atoms with Crippen molar-refractivity contribution in [2.75, 3.05) is 0 Å². The molecule has 25 heavy (non-hydrogen) atoms. The van der Waals surface area contributed by atoms with Gasteiger partial charge in [-0.05, 0) is 30.0 Å². The molecule has 0 aliphatic heterocycles. The van der Waals surface area contributed by atoms with Crippen LogP contribution in [-0.4, -0.2) is 30.2 Å². The van der Waals surface area contributed by atoms with E-state index in [0.29, 0.717) is 11.6 Å². The van der Waals surface area contributed by atoms with Gasteiger partial charge in [0.2, 0.25) is 5.82 Å². The first-order valence-corrected chi connectivity index (χ1v) is 8.96. The van der Waals surface area contributed by atoms with Crippen LogP contribution in [0.3, 0.4) is 0 Å². The maximum atomic E-state index is 12.5. The second-order valence-corrected chi connectivity index (χ2v) is 7.14. The normalized spacial score (nSPS) is 13.4. The smallest absolute Gasteiger partial charge is 0.259 e. The van der Waals surface area contributed by atoms with Gasteiger partial charge < -0.3 is 4.98 Å². The number of benzene rings is 1. The fourth-order valence-corrected chi connectivity index (χ4v) is 4.55. The van der Waals surface area contributed by atoms with E-state index in [4.69, 9.17) is 0 Å². The minimum atomic E-state index is -0.0669. The highest BCUT2D eigenvalue weighted by atomic mass is 32.1. The van der Waals surface area contributed by atoms with Gasteiger partial charge >= 0.3 is 0 Å². The number of nitrogens with zero attached hydrogens (tertiary/aromatic N) is 5. The first-order valence-electron chi connectivity index (χ1n) is 8.14. The third-order valence-electron chi connectivity index (χ3n) is 4.40. The Morgan fingerprint density at radius 2 is 2.08 bits per heavy atom. The van der Waals surface area contributed by atoms with Crippen LogP contribution >= 0.6 is 11.3 Å². The van der Waals surface area contributed by atoms with Gasteiger partial charge in [-0.25, -0.2) is 4.98 Å². The highest BCUT2D eigenvalue weighted by Gasteiger charge is 2.21. The fourth-order valence-electron chi connectivity index (χ4n) is 3.27. The highest BCUT2D eigenvalue weighted by molar-refractivity contribution is 7.18. The zero-order chi connectivity index (χ0) is 16.8. The number of hydrogen-bond donors (Lipinski definition) is 1. The minimum absolute atomic E-state index is 0.0669. The largest absolute Gasteiger partial charge is 0.308 e. The SMILES string of the molecule is O=c1[nH]c(Cn2nnc(-c3ccccc3)n2)nc2sc3c(c12)CCC3. The molecule has 1 aliphatic rings. The molecule has 3 aromatic heterocycles. The summed E-state index contributed by atoms with van der Waals surface area (Å²) in [7, 11) is 0. The van der Waals surface area contributed by atoms with Gasteiger partial charge in [-0.15, -0.1) is 21.5 Å². The van der Waals surface area contributed by atoms with Gasteiger partial charge in [-0.3, -0.25) is 4.79 Å². The molecule has 0 unspecified atom stereocenters. The third kappa shape index (κ3) is 2.45. The third-order valence-corrected chi connectivity index (χ3v) is 5.59. The number of aryl methyl sites for hydroxylation is 2. The molecule has 0 fully saturated rings. The van der Waals surface area contributed by atoms with E-state index < -0.39 is 0 Å². The number of aromatic amines is 1. The Kier molecular flexibility index (Phi) is 3.24. The zero-order valence-corrected chi connectivity index (χ0v) is 14.1. The van der Waals surface area contributed by atoms with Gasteiger partial charge in [0.1, 0.15) is 17.2 Å². The van der Waals surface area contributed by atoms with Crippen molar-refractivity contribution >= 4 is 21.6 Å². The summed E-state index contributed by atoms with van der Waals surface area (Å²) in [6, 6.07) is 9.66. The van der Waals surface area contributed by atoms with E-state index in [0.717, 1.165) is 35.0 Å². The molecule has 7 nitrogen and oxygen atoms in total. The van der Waals surface area contributed by atoms with Crippen molar-refractivity contribution in [3.8, 4) is 11.4 Å². The molecule has 8 heteroatoms. The Morgan fingerprint density at radius 1 is 1.20 bits per heavy atom. The summed E-state index contributed by atoms with van der Waals surface area (Å²) in [6.07, 6.45) is 3.16. The van der Waals surface area contributed by atoms with E-state index in [-0.39, 0.29) is 12.1 Å². The molecule has 0 bridgehead atoms. The summed E-state index contributed by atoms with van der Waals surface area (Å²) in [4.78, 5) is 23.5. The Bertz CT molecular complexity index is 1130. The molecule has 5 rings (SSSR count). The molecule has 1 N–H and O–H groups in total. The molecular weight excluding hydrogens is 336 g/mol. The van der Waals surface area contributed by atoms with E-state index >= 15 is 0 Å². The van der Waals surface area contributed by atoms with Crippen molar-refractivity contribution in [2.24, 2.45) is 0 Å². The zero-order valence-electron chi connectivity index (χ0n) is 13.3. The standard InChI is InChI=1S/C17H14N6OS/c24-16-14-11-7-4-8-12(11)25-17(14)19-13(18-16)9-23-21-15(20-22-23)10-5-2-1-3-6-10/h1-3,5-6H,4,7-9H2,(H,18,19,24). The number of thiophene rings is 1. The molecule has 0 radical (unpaired) electrons. The predicted octanol–water partition coefficient (Wildman–Crippen LogP) is 2.18. The quantitative estimate of drug-likeness (QED) is 0.612. The summed E-state index contributed by atoms with van der Waals surface area (Å²) in [5.74, 6) is 1.11. The van der Waals surface area contributed by atoms with Crippen LogP contribution in [0.4, 0.5) is 0 Å². The van der Waals surface area contributed by atoms with Gasteiger partial charge in [0.05, 0.1) is 5.39 Å². The maximum absolute atomic E-state index is 12.5. The topological polar surface area (TPSA) is 89.4 Å². The van der Waals surface area contributed by atoms with Crippen LogP contribution in [0.2, 0.25) is 0 Å². The Morgan fingerprint density at radius 3 is 2.96 bits per heavy atom. The van der Waals surface area contributed by atoms with E-state index in [1.54, 1.807) is 11.3 Å². The van der Waals surface area contributed by atoms with Gasteiger partial charge in [-0.1, -0.05) is 30.3 Å². The lowest BCUT2D eigenvalue weighted by atomic mass is 10.2. The van der Waals surface area contributed by atoms with Crippen molar-refractivity contribution in [3.05, 3.63) is 57.0 Å². The summed E-state index contributed by atoms with van der Waals surface area (Å²) in [6.45, 7) is 0.285. The number of tetrazole rings is 1. The maximum Gasteiger partial charge on any atom is 0.259 e. The lowest BCUT2D eigenvalue weighted by Crippen LogP contribution is -2.15. The number of nitrogens with one attached hydrogen (secondary N) is 1. The summed E-state index contributed by atoms with van der Waals surface area (Å²) >= 11 is 1.63. The Balaban J connectivity index is 1.49. The van der Waals surface area contributed by atoms with Crippen molar-refractivity contribution in [2.45, 2.75) is 25.8 Å². The number of H-pyrrole nitrogens is 1. The first kappa shape index (κ1) is 14.5. The molecule has 0 amide bonds. The average molecular weight is 350 g/mol. The van der Waals surface area contributed by atoms with Crippen LogP contribution < -0.4 is 5.56 Å². The second kappa shape index (κ2) is 5.59. The number of rotatable bonds is 3. The molecule has 1 aromatic carbocycles. The van der Waals surface area contributed by atoms with E-state index in [9.17, 15) is 4.79 Å². The molecule has 4 aromatic rings. The number of aromatic nitrogens is 6. The highest BCUT2D eigenvalue weighted by Crippen LogP contribution is 2.34. The molecule has 1 aliphatic carbocycles. The van der Waals surface area contributed by atoms with Crippen LogP contribution in [0.25, 0.3) is 21.6 Å². The Labute approximate surface area is 146 Å². The lowest BCUT2D eigenvalue weighted by Gasteiger charge is -2.00. The van der Waals surface area contributed by atoms with E-state index in [2.05, 4.69) is 25.4 Å². The Hall–Kier alpha value is -2.87. The van der Waals surface area contributed by atoms with Crippen molar-refractivity contribution in [3.63, 3.8) is 0 Å². The molecular formula is C17H14N6OS.